The maximum absolute atomic E-state index is 12.3. The second-order valence-corrected chi connectivity index (χ2v) is 4.08. The molecule has 0 aliphatic heterocycles. The van der Waals surface area contributed by atoms with Gasteiger partial charge < -0.3 is 16.4 Å². The number of hydrogen-bond donors (Lipinski definition) is 4. The number of urea groups is 1. The van der Waals surface area contributed by atoms with E-state index in [9.17, 15) is 18.0 Å². The molecular weight excluding hydrogens is 273 g/mol. The molecule has 0 saturated heterocycles. The summed E-state index contributed by atoms with van der Waals surface area (Å²) in [6.45, 7) is 0.325. The van der Waals surface area contributed by atoms with Crippen LogP contribution in [-0.4, -0.2) is 18.4 Å². The Balaban J connectivity index is 2.41. The molecule has 5 N–H and O–H groups in total. The summed E-state index contributed by atoms with van der Waals surface area (Å²) in [6.07, 6.45) is -3.50. The zero-order valence-electron chi connectivity index (χ0n) is 10.6. The van der Waals surface area contributed by atoms with Gasteiger partial charge in [0.05, 0.1) is 11.4 Å². The van der Waals surface area contributed by atoms with Crippen molar-refractivity contribution in [3.05, 3.63) is 29.8 Å². The molecule has 0 radical (unpaired) electrons. The van der Waals surface area contributed by atoms with Gasteiger partial charge in [0.1, 0.15) is 0 Å². The van der Waals surface area contributed by atoms with Crippen LogP contribution in [0.2, 0.25) is 0 Å². The van der Waals surface area contributed by atoms with Crippen LogP contribution in [0.15, 0.2) is 24.3 Å². The van der Waals surface area contributed by atoms with Gasteiger partial charge in [0, 0.05) is 18.7 Å². The first-order valence-corrected chi connectivity index (χ1v) is 5.84. The van der Waals surface area contributed by atoms with Gasteiger partial charge in [0.15, 0.2) is 0 Å². The molecule has 1 aromatic rings. The number of halogens is 3. The predicted molar refractivity (Wildman–Crippen MR) is 69.6 cm³/mol. The highest BCUT2D eigenvalue weighted by molar-refractivity contribution is 5.89. The molecular formula is C12H15F3N4O. The summed E-state index contributed by atoms with van der Waals surface area (Å²) in [6, 6.07) is 3.63. The third-order valence-corrected chi connectivity index (χ3v) is 2.38. The largest absolute Gasteiger partial charge is 0.416 e. The van der Waals surface area contributed by atoms with Gasteiger partial charge in [-0.15, -0.1) is 0 Å². The second-order valence-electron chi connectivity index (χ2n) is 4.08. The molecule has 5 nitrogen and oxygen atoms in total. The van der Waals surface area contributed by atoms with E-state index in [0.717, 1.165) is 12.1 Å². The average molecular weight is 288 g/mol. The minimum absolute atomic E-state index is 0.0370. The lowest BCUT2D eigenvalue weighted by Crippen LogP contribution is -2.30. The number of amidine groups is 1. The van der Waals surface area contributed by atoms with E-state index in [1.807, 2.05) is 0 Å². The van der Waals surface area contributed by atoms with E-state index in [1.54, 1.807) is 0 Å². The zero-order chi connectivity index (χ0) is 15.2. The maximum Gasteiger partial charge on any atom is 0.416 e. The molecule has 0 aromatic heterocycles. The van der Waals surface area contributed by atoms with E-state index >= 15 is 0 Å². The van der Waals surface area contributed by atoms with Gasteiger partial charge in [-0.25, -0.2) is 4.79 Å². The van der Waals surface area contributed by atoms with E-state index in [1.165, 1.54) is 12.1 Å². The number of benzene rings is 1. The first-order chi connectivity index (χ1) is 9.29. The van der Waals surface area contributed by atoms with Crippen molar-refractivity contribution < 1.29 is 18.0 Å². The summed E-state index contributed by atoms with van der Waals surface area (Å²) in [5.74, 6) is 0.0370. The second kappa shape index (κ2) is 6.78. The van der Waals surface area contributed by atoms with Crippen molar-refractivity contribution in [3.8, 4) is 0 Å². The summed E-state index contributed by atoms with van der Waals surface area (Å²) >= 11 is 0. The Bertz CT molecular complexity index is 471. The number of carbonyl (C=O) groups excluding carboxylic acids is 1. The van der Waals surface area contributed by atoms with E-state index in [0.29, 0.717) is 19.4 Å². The molecule has 2 amide bonds. The average Bonchev–Trinajstić information content (AvgIpc) is 2.34. The summed E-state index contributed by atoms with van der Waals surface area (Å²) in [5, 5.41) is 11.9. The molecule has 0 fully saturated rings. The standard InChI is InChI=1S/C12H15F3N4O/c13-12(14,15)8-3-5-9(6-4-8)19-11(20)18-7-1-2-10(16)17/h3-6H,1-2,7H2,(H3,16,17)(H2,18,19,20). The van der Waals surface area contributed by atoms with Gasteiger partial charge in [-0.2, -0.15) is 13.2 Å². The van der Waals surface area contributed by atoms with Crippen LogP contribution in [0, 0.1) is 5.41 Å². The minimum Gasteiger partial charge on any atom is -0.388 e. The van der Waals surface area contributed by atoms with Crippen LogP contribution in [0.1, 0.15) is 18.4 Å². The first-order valence-electron chi connectivity index (χ1n) is 5.84. The number of alkyl halides is 3. The molecule has 0 unspecified atom stereocenters. The Morgan fingerprint density at radius 2 is 1.85 bits per heavy atom. The topological polar surface area (TPSA) is 91.0 Å². The Hall–Kier alpha value is -2.25. The fourth-order valence-electron chi connectivity index (χ4n) is 1.40. The highest BCUT2D eigenvalue weighted by Gasteiger charge is 2.29. The number of carbonyl (C=O) groups is 1. The predicted octanol–water partition coefficient (Wildman–Crippen LogP) is 2.54. The molecule has 0 atom stereocenters. The lowest BCUT2D eigenvalue weighted by molar-refractivity contribution is -0.137. The van der Waals surface area contributed by atoms with E-state index in [4.69, 9.17) is 11.1 Å². The molecule has 0 aliphatic rings. The molecule has 110 valence electrons. The van der Waals surface area contributed by atoms with Crippen LogP contribution in [0.5, 0.6) is 0 Å². The molecule has 1 aromatic carbocycles. The van der Waals surface area contributed by atoms with Gasteiger partial charge in [-0.1, -0.05) is 0 Å². The lowest BCUT2D eigenvalue weighted by Gasteiger charge is -2.09. The van der Waals surface area contributed by atoms with Crippen molar-refractivity contribution in [1.82, 2.24) is 5.32 Å². The van der Waals surface area contributed by atoms with Crippen molar-refractivity contribution >= 4 is 17.6 Å². The van der Waals surface area contributed by atoms with Crippen LogP contribution in [0.4, 0.5) is 23.7 Å². The summed E-state index contributed by atoms with van der Waals surface area (Å²) in [5.41, 5.74) is 4.64. The van der Waals surface area contributed by atoms with Gasteiger partial charge in [-0.05, 0) is 30.7 Å². The van der Waals surface area contributed by atoms with Gasteiger partial charge in [-0.3, -0.25) is 5.41 Å². The minimum atomic E-state index is -4.40. The Labute approximate surface area is 113 Å². The smallest absolute Gasteiger partial charge is 0.388 e. The van der Waals surface area contributed by atoms with Gasteiger partial charge in [0.2, 0.25) is 0 Å². The van der Waals surface area contributed by atoms with Crippen molar-refractivity contribution in [3.63, 3.8) is 0 Å². The highest BCUT2D eigenvalue weighted by atomic mass is 19.4. The number of hydrogen-bond acceptors (Lipinski definition) is 2. The molecule has 0 bridgehead atoms. The number of amides is 2. The van der Waals surface area contributed by atoms with Crippen LogP contribution >= 0.6 is 0 Å². The Kier molecular flexibility index (Phi) is 5.36. The third kappa shape index (κ3) is 5.59. The third-order valence-electron chi connectivity index (χ3n) is 2.38. The quantitative estimate of drug-likeness (QED) is 0.381. The van der Waals surface area contributed by atoms with Crippen molar-refractivity contribution in [2.75, 3.05) is 11.9 Å². The fourth-order valence-corrected chi connectivity index (χ4v) is 1.40. The molecule has 20 heavy (non-hydrogen) atoms. The number of anilines is 1. The number of rotatable bonds is 5. The maximum atomic E-state index is 12.3. The van der Waals surface area contributed by atoms with Crippen LogP contribution < -0.4 is 16.4 Å². The molecule has 0 spiro atoms. The summed E-state index contributed by atoms with van der Waals surface area (Å²) < 4.78 is 37.0. The first kappa shape index (κ1) is 15.8. The van der Waals surface area contributed by atoms with E-state index < -0.39 is 17.8 Å². The van der Waals surface area contributed by atoms with Crippen molar-refractivity contribution in [1.29, 1.82) is 5.41 Å². The van der Waals surface area contributed by atoms with E-state index in [2.05, 4.69) is 10.6 Å². The van der Waals surface area contributed by atoms with Gasteiger partial charge >= 0.3 is 12.2 Å². The summed E-state index contributed by atoms with van der Waals surface area (Å²) in [7, 11) is 0. The Morgan fingerprint density at radius 3 is 2.35 bits per heavy atom. The monoisotopic (exact) mass is 288 g/mol. The molecule has 0 aliphatic carbocycles. The Morgan fingerprint density at radius 1 is 1.25 bits per heavy atom. The number of nitrogens with one attached hydrogen (secondary N) is 3. The number of nitrogens with two attached hydrogens (primary N) is 1. The summed E-state index contributed by atoms with van der Waals surface area (Å²) in [4.78, 5) is 11.4. The molecule has 0 saturated carbocycles. The van der Waals surface area contributed by atoms with Crippen molar-refractivity contribution in [2.45, 2.75) is 19.0 Å². The van der Waals surface area contributed by atoms with E-state index in [-0.39, 0.29) is 11.5 Å². The molecule has 0 heterocycles. The zero-order valence-corrected chi connectivity index (χ0v) is 10.6. The fraction of sp³-hybridized carbons (Fsp3) is 0.333. The van der Waals surface area contributed by atoms with Gasteiger partial charge in [0.25, 0.3) is 0 Å². The lowest BCUT2D eigenvalue weighted by atomic mass is 10.2. The van der Waals surface area contributed by atoms with Crippen LogP contribution in [0.3, 0.4) is 0 Å². The molecule has 8 heteroatoms. The van der Waals surface area contributed by atoms with Crippen LogP contribution in [-0.2, 0) is 6.18 Å². The van der Waals surface area contributed by atoms with Crippen molar-refractivity contribution in [2.24, 2.45) is 5.73 Å². The SMILES string of the molecule is N=C(N)CCCNC(=O)Nc1ccc(C(F)(F)F)cc1. The molecule has 1 rings (SSSR count). The van der Waals surface area contributed by atoms with Crippen LogP contribution in [0.25, 0.3) is 0 Å². The normalized spacial score (nSPS) is 10.9. The highest BCUT2D eigenvalue weighted by Crippen LogP contribution is 2.29.